The SMILES string of the molecule is CC(CCN(C)c1nc2c(cc1F)CCS2)C(CC#N)n1cc(-c2ncnc3[nH]ccc23)cn1. The number of nitriles is 1. The molecule has 174 valence electrons. The Kier molecular flexibility index (Phi) is 6.20. The summed E-state index contributed by atoms with van der Waals surface area (Å²) < 4.78 is 16.5. The number of hydrogen-bond donors (Lipinski definition) is 1. The van der Waals surface area contributed by atoms with Crippen LogP contribution < -0.4 is 4.90 Å². The van der Waals surface area contributed by atoms with Crippen molar-refractivity contribution in [2.75, 3.05) is 24.2 Å². The van der Waals surface area contributed by atoms with E-state index < -0.39 is 0 Å². The summed E-state index contributed by atoms with van der Waals surface area (Å²) in [5.41, 5.74) is 3.45. The molecule has 10 heteroatoms. The molecule has 0 saturated carbocycles. The molecule has 0 aromatic carbocycles. The summed E-state index contributed by atoms with van der Waals surface area (Å²) in [6, 6.07) is 5.75. The standard InChI is InChI=1S/C24H25FN8S/c1-15(5-9-32(2)23-19(25)11-16-6-10-34-24(16)31-23)20(3-7-26)33-13-17(12-30-33)21-18-4-8-27-22(18)29-14-28-21/h4,8,11-15,20H,3,5-6,9-10H2,1-2H3,(H,27,28,29). The predicted molar refractivity (Wildman–Crippen MR) is 130 cm³/mol. The number of nitrogens with zero attached hydrogens (tertiary/aromatic N) is 7. The molecule has 1 aliphatic heterocycles. The van der Waals surface area contributed by atoms with E-state index in [1.807, 2.05) is 35.1 Å². The molecule has 0 spiro atoms. The van der Waals surface area contributed by atoms with Crippen LogP contribution in [0.1, 0.15) is 31.4 Å². The highest BCUT2D eigenvalue weighted by Crippen LogP contribution is 2.33. The minimum absolute atomic E-state index is 0.107. The van der Waals surface area contributed by atoms with E-state index in [1.54, 1.807) is 24.0 Å². The summed E-state index contributed by atoms with van der Waals surface area (Å²) >= 11 is 1.68. The lowest BCUT2D eigenvalue weighted by Crippen LogP contribution is -2.26. The largest absolute Gasteiger partial charge is 0.357 e. The fraction of sp³-hybridized carbons (Fsp3) is 0.375. The van der Waals surface area contributed by atoms with Crippen LogP contribution in [-0.2, 0) is 6.42 Å². The van der Waals surface area contributed by atoms with Gasteiger partial charge in [0.1, 0.15) is 17.0 Å². The van der Waals surface area contributed by atoms with E-state index in [9.17, 15) is 9.65 Å². The van der Waals surface area contributed by atoms with Gasteiger partial charge in [-0.3, -0.25) is 4.68 Å². The first-order valence-corrected chi connectivity index (χ1v) is 12.3. The van der Waals surface area contributed by atoms with Crippen LogP contribution in [0, 0.1) is 23.1 Å². The number of aryl methyl sites for hydroxylation is 1. The lowest BCUT2D eigenvalue weighted by molar-refractivity contribution is 0.316. The van der Waals surface area contributed by atoms with E-state index >= 15 is 0 Å². The number of halogens is 1. The Labute approximate surface area is 201 Å². The highest BCUT2D eigenvalue weighted by Gasteiger charge is 2.23. The van der Waals surface area contributed by atoms with Gasteiger partial charge in [-0.1, -0.05) is 6.92 Å². The lowest BCUT2D eigenvalue weighted by atomic mass is 9.96. The number of pyridine rings is 1. The first-order chi connectivity index (χ1) is 16.5. The number of H-pyrrole nitrogens is 1. The molecule has 8 nitrogen and oxygen atoms in total. The summed E-state index contributed by atoms with van der Waals surface area (Å²) in [6.07, 6.45) is 9.05. The maximum absolute atomic E-state index is 14.6. The van der Waals surface area contributed by atoms with Gasteiger partial charge in [0, 0.05) is 42.7 Å². The third kappa shape index (κ3) is 4.23. The molecule has 5 heterocycles. The van der Waals surface area contributed by atoms with Gasteiger partial charge in [-0.25, -0.2) is 19.3 Å². The normalized spacial score (nSPS) is 14.6. The molecule has 0 saturated heterocycles. The van der Waals surface area contributed by atoms with Crippen LogP contribution >= 0.6 is 11.8 Å². The average molecular weight is 477 g/mol. The Morgan fingerprint density at radius 2 is 2.26 bits per heavy atom. The van der Waals surface area contributed by atoms with Gasteiger partial charge in [0.15, 0.2) is 11.6 Å². The molecule has 0 bridgehead atoms. The van der Waals surface area contributed by atoms with Crippen molar-refractivity contribution in [2.24, 2.45) is 5.92 Å². The van der Waals surface area contributed by atoms with Crippen LogP contribution in [0.25, 0.3) is 22.3 Å². The number of nitrogens with one attached hydrogen (secondary N) is 1. The smallest absolute Gasteiger partial charge is 0.166 e. The third-order valence-electron chi connectivity index (χ3n) is 6.41. The molecule has 0 aliphatic carbocycles. The number of anilines is 1. The molecule has 4 aromatic rings. The molecule has 5 rings (SSSR count). The quantitative estimate of drug-likeness (QED) is 0.396. The third-order valence-corrected chi connectivity index (χ3v) is 7.45. The summed E-state index contributed by atoms with van der Waals surface area (Å²) in [5.74, 6) is 1.21. The molecular formula is C24H25FN8S. The van der Waals surface area contributed by atoms with E-state index in [-0.39, 0.29) is 17.8 Å². The monoisotopic (exact) mass is 476 g/mol. The molecule has 1 aliphatic rings. The highest BCUT2D eigenvalue weighted by atomic mass is 32.2. The fourth-order valence-electron chi connectivity index (χ4n) is 4.42. The Morgan fingerprint density at radius 3 is 3.12 bits per heavy atom. The molecule has 1 N–H and O–H groups in total. The first-order valence-electron chi connectivity index (χ1n) is 11.3. The van der Waals surface area contributed by atoms with Gasteiger partial charge < -0.3 is 9.88 Å². The topological polar surface area (TPSA) is 99.3 Å². The molecule has 0 radical (unpaired) electrons. The molecule has 2 unspecified atom stereocenters. The molecule has 0 amide bonds. The van der Waals surface area contributed by atoms with Gasteiger partial charge in [0.25, 0.3) is 0 Å². The zero-order valence-corrected chi connectivity index (χ0v) is 19.9. The summed E-state index contributed by atoms with van der Waals surface area (Å²) in [5, 5.41) is 15.9. The van der Waals surface area contributed by atoms with Crippen molar-refractivity contribution >= 4 is 28.6 Å². The van der Waals surface area contributed by atoms with E-state index in [1.165, 1.54) is 6.33 Å². The minimum Gasteiger partial charge on any atom is -0.357 e. The zero-order valence-electron chi connectivity index (χ0n) is 19.1. The molecule has 34 heavy (non-hydrogen) atoms. The summed E-state index contributed by atoms with van der Waals surface area (Å²) in [7, 11) is 1.87. The van der Waals surface area contributed by atoms with Crippen molar-refractivity contribution in [2.45, 2.75) is 37.3 Å². The van der Waals surface area contributed by atoms with Crippen LogP contribution in [0.15, 0.2) is 42.1 Å². The maximum atomic E-state index is 14.6. The van der Waals surface area contributed by atoms with Crippen molar-refractivity contribution in [1.82, 2.24) is 29.7 Å². The number of aromatic nitrogens is 6. The van der Waals surface area contributed by atoms with Gasteiger partial charge in [0.05, 0.1) is 30.4 Å². The van der Waals surface area contributed by atoms with Crippen molar-refractivity contribution < 1.29 is 4.39 Å². The Hall–Kier alpha value is -3.45. The average Bonchev–Trinajstić information content (AvgIpc) is 3.60. The fourth-order valence-corrected chi connectivity index (χ4v) is 5.43. The first kappa shape index (κ1) is 22.3. The second-order valence-electron chi connectivity index (χ2n) is 8.64. The number of aromatic amines is 1. The van der Waals surface area contributed by atoms with Gasteiger partial charge in [-0.2, -0.15) is 10.4 Å². The number of thioether (sulfide) groups is 1. The van der Waals surface area contributed by atoms with Crippen LogP contribution in [0.5, 0.6) is 0 Å². The lowest BCUT2D eigenvalue weighted by Gasteiger charge is -2.26. The van der Waals surface area contributed by atoms with Gasteiger partial charge in [-0.05, 0) is 36.5 Å². The predicted octanol–water partition coefficient (Wildman–Crippen LogP) is 4.62. The second kappa shape index (κ2) is 9.43. The van der Waals surface area contributed by atoms with Crippen LogP contribution in [-0.4, -0.2) is 49.1 Å². The molecular weight excluding hydrogens is 451 g/mol. The molecule has 4 aromatic heterocycles. The van der Waals surface area contributed by atoms with Crippen molar-refractivity contribution in [3.05, 3.63) is 48.4 Å². The van der Waals surface area contributed by atoms with E-state index in [0.717, 1.165) is 51.5 Å². The van der Waals surface area contributed by atoms with Crippen LogP contribution in [0.3, 0.4) is 0 Å². The molecule has 0 fully saturated rings. The zero-order chi connectivity index (χ0) is 23.7. The van der Waals surface area contributed by atoms with Crippen molar-refractivity contribution in [1.29, 1.82) is 5.26 Å². The maximum Gasteiger partial charge on any atom is 0.166 e. The second-order valence-corrected chi connectivity index (χ2v) is 9.73. The van der Waals surface area contributed by atoms with E-state index in [2.05, 4.69) is 38.0 Å². The van der Waals surface area contributed by atoms with Crippen molar-refractivity contribution in [3.8, 4) is 17.3 Å². The number of hydrogen-bond acceptors (Lipinski definition) is 7. The minimum atomic E-state index is -0.275. The number of fused-ring (bicyclic) bond motifs is 2. The van der Waals surface area contributed by atoms with Gasteiger partial charge >= 0.3 is 0 Å². The highest BCUT2D eigenvalue weighted by molar-refractivity contribution is 7.99. The van der Waals surface area contributed by atoms with Gasteiger partial charge in [-0.15, -0.1) is 11.8 Å². The van der Waals surface area contributed by atoms with Crippen LogP contribution in [0.4, 0.5) is 10.2 Å². The Balaban J connectivity index is 1.31. The summed E-state index contributed by atoms with van der Waals surface area (Å²) in [6.45, 7) is 2.73. The summed E-state index contributed by atoms with van der Waals surface area (Å²) in [4.78, 5) is 18.2. The van der Waals surface area contributed by atoms with Crippen LogP contribution in [0.2, 0.25) is 0 Å². The Bertz CT molecular complexity index is 1360. The van der Waals surface area contributed by atoms with Crippen molar-refractivity contribution in [3.63, 3.8) is 0 Å². The van der Waals surface area contributed by atoms with E-state index in [0.29, 0.717) is 18.8 Å². The Morgan fingerprint density at radius 1 is 1.38 bits per heavy atom. The van der Waals surface area contributed by atoms with Gasteiger partial charge in [0.2, 0.25) is 0 Å². The number of rotatable bonds is 8. The molecule has 2 atom stereocenters. The van der Waals surface area contributed by atoms with E-state index in [4.69, 9.17) is 0 Å².